The molecule has 0 amide bonds. The van der Waals surface area contributed by atoms with Crippen LogP contribution in [0.4, 0.5) is 0 Å². The fourth-order valence-electron chi connectivity index (χ4n) is 1.52. The summed E-state index contributed by atoms with van der Waals surface area (Å²) in [5.74, 6) is 0.812. The molecule has 0 spiro atoms. The zero-order valence-corrected chi connectivity index (χ0v) is 11.1. The second-order valence-electron chi connectivity index (χ2n) is 3.48. The van der Waals surface area contributed by atoms with Gasteiger partial charge in [-0.1, -0.05) is 12.1 Å². The minimum atomic E-state index is 0.795. The number of guanidine groups is 1. The van der Waals surface area contributed by atoms with Gasteiger partial charge in [0.15, 0.2) is 5.96 Å². The van der Waals surface area contributed by atoms with Crippen LogP contribution in [0.3, 0.4) is 0 Å². The molecule has 1 aromatic carbocycles. The lowest BCUT2D eigenvalue weighted by molar-refractivity contribution is 0.863. The monoisotopic (exact) mass is 237 g/mol. The summed E-state index contributed by atoms with van der Waals surface area (Å²) in [5.41, 5.74) is 2.60. The van der Waals surface area contributed by atoms with Crippen molar-refractivity contribution >= 4 is 17.7 Å². The maximum atomic E-state index is 4.07. The first kappa shape index (κ1) is 12.9. The number of benzene rings is 1. The largest absolute Gasteiger partial charge is 0.359 e. The lowest BCUT2D eigenvalue weighted by atomic mass is 10.1. The Bertz CT molecular complexity index is 375. The van der Waals surface area contributed by atoms with Crippen LogP contribution < -0.4 is 10.6 Å². The fourth-order valence-corrected chi connectivity index (χ4v) is 2.10. The molecule has 0 atom stereocenters. The number of aryl methyl sites for hydroxylation is 1. The molecule has 1 aromatic rings. The van der Waals surface area contributed by atoms with Gasteiger partial charge in [-0.3, -0.25) is 4.99 Å². The highest BCUT2D eigenvalue weighted by Gasteiger charge is 1.99. The van der Waals surface area contributed by atoms with E-state index in [0.717, 1.165) is 12.5 Å². The van der Waals surface area contributed by atoms with E-state index in [9.17, 15) is 0 Å². The third-order valence-corrected chi connectivity index (χ3v) is 3.28. The molecule has 1 rings (SSSR count). The lowest BCUT2D eigenvalue weighted by Gasteiger charge is -2.10. The van der Waals surface area contributed by atoms with Gasteiger partial charge in [0.2, 0.25) is 0 Å². The highest BCUT2D eigenvalue weighted by atomic mass is 32.2. The SMILES string of the molecule is CN=C(NC)NCc1ccc(SC)c(C)c1. The van der Waals surface area contributed by atoms with Crippen molar-refractivity contribution in [1.29, 1.82) is 0 Å². The average Bonchev–Trinajstić information content (AvgIpc) is 2.30. The van der Waals surface area contributed by atoms with Crippen molar-refractivity contribution in [3.8, 4) is 0 Å². The van der Waals surface area contributed by atoms with Crippen molar-refractivity contribution in [2.24, 2.45) is 4.99 Å². The topological polar surface area (TPSA) is 36.4 Å². The summed E-state index contributed by atoms with van der Waals surface area (Å²) in [7, 11) is 3.62. The van der Waals surface area contributed by atoms with Gasteiger partial charge in [-0.15, -0.1) is 11.8 Å². The van der Waals surface area contributed by atoms with E-state index in [0.29, 0.717) is 0 Å². The Morgan fingerprint density at radius 1 is 1.44 bits per heavy atom. The van der Waals surface area contributed by atoms with Crippen molar-refractivity contribution < 1.29 is 0 Å². The first-order valence-electron chi connectivity index (χ1n) is 5.23. The van der Waals surface area contributed by atoms with Crippen molar-refractivity contribution in [1.82, 2.24) is 10.6 Å². The Morgan fingerprint density at radius 2 is 2.19 bits per heavy atom. The van der Waals surface area contributed by atoms with Crippen molar-refractivity contribution in [3.05, 3.63) is 29.3 Å². The van der Waals surface area contributed by atoms with Crippen LogP contribution in [-0.2, 0) is 6.54 Å². The van der Waals surface area contributed by atoms with Gasteiger partial charge in [0.05, 0.1) is 0 Å². The summed E-state index contributed by atoms with van der Waals surface area (Å²) in [6.45, 7) is 2.94. The number of aliphatic imine (C=N–C) groups is 1. The standard InChI is InChI=1S/C12H19N3S/c1-9-7-10(5-6-11(9)16-4)8-15-12(13-2)14-3/h5-7H,8H2,1-4H3,(H2,13,14,15). The molecule has 0 unspecified atom stereocenters. The predicted octanol–water partition coefficient (Wildman–Crippen LogP) is 2.01. The smallest absolute Gasteiger partial charge is 0.190 e. The quantitative estimate of drug-likeness (QED) is 0.480. The lowest BCUT2D eigenvalue weighted by Crippen LogP contribution is -2.34. The van der Waals surface area contributed by atoms with Crippen LogP contribution in [0.25, 0.3) is 0 Å². The number of hydrogen-bond acceptors (Lipinski definition) is 2. The summed E-state index contributed by atoms with van der Waals surface area (Å²) in [4.78, 5) is 5.40. The third-order valence-electron chi connectivity index (χ3n) is 2.38. The second kappa shape index (κ2) is 6.43. The fraction of sp³-hybridized carbons (Fsp3) is 0.417. The third kappa shape index (κ3) is 3.45. The summed E-state index contributed by atoms with van der Waals surface area (Å²) < 4.78 is 0. The highest BCUT2D eigenvalue weighted by molar-refractivity contribution is 7.98. The number of rotatable bonds is 3. The average molecular weight is 237 g/mol. The van der Waals surface area contributed by atoms with Gasteiger partial charge in [0.25, 0.3) is 0 Å². The molecule has 0 aliphatic carbocycles. The molecule has 0 aromatic heterocycles. The van der Waals surface area contributed by atoms with Gasteiger partial charge in [-0.25, -0.2) is 0 Å². The molecule has 0 saturated carbocycles. The molecule has 0 bridgehead atoms. The molecule has 0 fully saturated rings. The Balaban J connectivity index is 2.65. The van der Waals surface area contributed by atoms with E-state index in [2.05, 4.69) is 47.0 Å². The molecule has 3 nitrogen and oxygen atoms in total. The normalized spacial score (nSPS) is 11.4. The molecule has 16 heavy (non-hydrogen) atoms. The van der Waals surface area contributed by atoms with E-state index in [1.807, 2.05) is 7.05 Å². The van der Waals surface area contributed by atoms with Gasteiger partial charge >= 0.3 is 0 Å². The van der Waals surface area contributed by atoms with E-state index in [4.69, 9.17) is 0 Å². The van der Waals surface area contributed by atoms with Crippen LogP contribution in [0.2, 0.25) is 0 Å². The molecule has 2 N–H and O–H groups in total. The summed E-state index contributed by atoms with van der Waals surface area (Å²) >= 11 is 1.78. The maximum absolute atomic E-state index is 4.07. The van der Waals surface area contributed by atoms with Crippen LogP contribution in [-0.4, -0.2) is 26.3 Å². The summed E-state index contributed by atoms with van der Waals surface area (Å²) in [5, 5.41) is 6.23. The Kier molecular flexibility index (Phi) is 5.19. The molecule has 88 valence electrons. The second-order valence-corrected chi connectivity index (χ2v) is 4.33. The molecule has 0 radical (unpaired) electrons. The first-order chi connectivity index (χ1) is 7.71. The summed E-state index contributed by atoms with van der Waals surface area (Å²) in [6, 6.07) is 6.52. The highest BCUT2D eigenvalue weighted by Crippen LogP contribution is 2.20. The van der Waals surface area contributed by atoms with E-state index in [-0.39, 0.29) is 0 Å². The van der Waals surface area contributed by atoms with E-state index in [1.165, 1.54) is 16.0 Å². The number of nitrogens with zero attached hydrogens (tertiary/aromatic N) is 1. The van der Waals surface area contributed by atoms with Gasteiger partial charge in [0.1, 0.15) is 0 Å². The number of thioether (sulfide) groups is 1. The molecule has 4 heteroatoms. The van der Waals surface area contributed by atoms with Crippen molar-refractivity contribution in [3.63, 3.8) is 0 Å². The van der Waals surface area contributed by atoms with Gasteiger partial charge in [-0.05, 0) is 30.4 Å². The van der Waals surface area contributed by atoms with Crippen molar-refractivity contribution in [2.75, 3.05) is 20.4 Å². The van der Waals surface area contributed by atoms with E-state index in [1.54, 1.807) is 18.8 Å². The Morgan fingerprint density at radius 3 is 2.69 bits per heavy atom. The van der Waals surface area contributed by atoms with E-state index < -0.39 is 0 Å². The Labute approximate surface area is 102 Å². The molecule has 0 heterocycles. The van der Waals surface area contributed by atoms with Gasteiger partial charge in [-0.2, -0.15) is 0 Å². The zero-order valence-electron chi connectivity index (χ0n) is 10.3. The molecular formula is C12H19N3S. The summed E-state index contributed by atoms with van der Waals surface area (Å²) in [6.07, 6.45) is 2.10. The number of hydrogen-bond donors (Lipinski definition) is 2. The van der Waals surface area contributed by atoms with Gasteiger partial charge in [0, 0.05) is 25.5 Å². The van der Waals surface area contributed by atoms with E-state index >= 15 is 0 Å². The molecular weight excluding hydrogens is 218 g/mol. The van der Waals surface area contributed by atoms with Crippen LogP contribution in [0, 0.1) is 6.92 Å². The predicted molar refractivity (Wildman–Crippen MR) is 72.2 cm³/mol. The minimum absolute atomic E-state index is 0.795. The van der Waals surface area contributed by atoms with Crippen LogP contribution in [0.15, 0.2) is 28.1 Å². The van der Waals surface area contributed by atoms with Crippen LogP contribution in [0.5, 0.6) is 0 Å². The Hall–Kier alpha value is -1.16. The van der Waals surface area contributed by atoms with Crippen LogP contribution in [0.1, 0.15) is 11.1 Å². The number of nitrogens with one attached hydrogen (secondary N) is 2. The first-order valence-corrected chi connectivity index (χ1v) is 6.45. The van der Waals surface area contributed by atoms with Crippen molar-refractivity contribution in [2.45, 2.75) is 18.4 Å². The molecule has 0 aliphatic rings. The molecule has 0 saturated heterocycles. The maximum Gasteiger partial charge on any atom is 0.190 e. The zero-order chi connectivity index (χ0) is 12.0. The minimum Gasteiger partial charge on any atom is -0.359 e. The molecule has 0 aliphatic heterocycles. The van der Waals surface area contributed by atoms with Crippen LogP contribution >= 0.6 is 11.8 Å². The van der Waals surface area contributed by atoms with Gasteiger partial charge < -0.3 is 10.6 Å².